The summed E-state index contributed by atoms with van der Waals surface area (Å²) < 4.78 is 0. The smallest absolute Gasteiger partial charge is 0.239 e. The number of nitrogens with one attached hydrogen (secondary N) is 1. The minimum atomic E-state index is 0.120. The summed E-state index contributed by atoms with van der Waals surface area (Å²) in [5.74, 6) is 1.10. The van der Waals surface area contributed by atoms with Crippen LogP contribution in [0.2, 0.25) is 0 Å². The molecule has 3 nitrogen and oxygen atoms in total. The number of hydrogen-bond donors (Lipinski definition) is 1. The lowest BCUT2D eigenvalue weighted by molar-refractivity contribution is -0.133. The Morgan fingerprint density at radius 3 is 2.87 bits per heavy atom. The predicted molar refractivity (Wildman–Crippen MR) is 60.6 cm³/mol. The van der Waals surface area contributed by atoms with E-state index < -0.39 is 0 Å². The Bertz CT molecular complexity index is 224. The van der Waals surface area contributed by atoms with Crippen LogP contribution in [-0.2, 0) is 4.79 Å². The van der Waals surface area contributed by atoms with Gasteiger partial charge in [0.1, 0.15) is 0 Å². The van der Waals surface area contributed by atoms with Gasteiger partial charge in [0.2, 0.25) is 5.91 Å². The maximum Gasteiger partial charge on any atom is 0.239 e. The Labute approximate surface area is 92.2 Å². The SMILES string of the molecule is CCC1CCN(C(=O)C2CCCCN2)C1. The van der Waals surface area contributed by atoms with Gasteiger partial charge in [0.05, 0.1) is 6.04 Å². The standard InChI is InChI=1S/C12H22N2O/c1-2-10-6-8-14(9-10)12(15)11-5-3-4-7-13-11/h10-11,13H,2-9H2,1H3. The summed E-state index contributed by atoms with van der Waals surface area (Å²) in [5, 5.41) is 3.34. The van der Waals surface area contributed by atoms with Crippen LogP contribution in [-0.4, -0.2) is 36.5 Å². The van der Waals surface area contributed by atoms with Crippen LogP contribution < -0.4 is 5.32 Å². The summed E-state index contributed by atoms with van der Waals surface area (Å²) in [7, 11) is 0. The Kier molecular flexibility index (Phi) is 3.62. The van der Waals surface area contributed by atoms with Gasteiger partial charge in [-0.25, -0.2) is 0 Å². The molecule has 86 valence electrons. The third-order valence-electron chi connectivity index (χ3n) is 3.78. The Morgan fingerprint density at radius 1 is 1.40 bits per heavy atom. The quantitative estimate of drug-likeness (QED) is 0.747. The number of hydrogen-bond acceptors (Lipinski definition) is 2. The van der Waals surface area contributed by atoms with E-state index in [0.717, 1.165) is 32.0 Å². The lowest BCUT2D eigenvalue weighted by Gasteiger charge is -2.27. The Balaban J connectivity index is 1.85. The molecule has 2 aliphatic rings. The molecule has 1 N–H and O–H groups in total. The van der Waals surface area contributed by atoms with Gasteiger partial charge in [-0.15, -0.1) is 0 Å². The average Bonchev–Trinajstić information content (AvgIpc) is 2.78. The molecule has 0 aromatic carbocycles. The van der Waals surface area contributed by atoms with E-state index >= 15 is 0 Å². The molecule has 2 heterocycles. The molecular weight excluding hydrogens is 188 g/mol. The van der Waals surface area contributed by atoms with Gasteiger partial charge in [0, 0.05) is 13.1 Å². The molecule has 2 fully saturated rings. The first kappa shape index (κ1) is 10.9. The number of amides is 1. The molecule has 0 spiro atoms. The molecule has 0 saturated carbocycles. The molecule has 2 aliphatic heterocycles. The van der Waals surface area contributed by atoms with Crippen LogP contribution in [0, 0.1) is 5.92 Å². The van der Waals surface area contributed by atoms with E-state index in [4.69, 9.17) is 0 Å². The molecule has 0 radical (unpaired) electrons. The van der Waals surface area contributed by atoms with Crippen molar-refractivity contribution in [2.24, 2.45) is 5.92 Å². The van der Waals surface area contributed by atoms with Gasteiger partial charge in [-0.3, -0.25) is 4.79 Å². The lowest BCUT2D eigenvalue weighted by atomic mass is 10.0. The third kappa shape index (κ3) is 2.51. The maximum atomic E-state index is 12.1. The maximum absolute atomic E-state index is 12.1. The monoisotopic (exact) mass is 210 g/mol. The van der Waals surface area contributed by atoms with Gasteiger partial charge >= 0.3 is 0 Å². The first-order chi connectivity index (χ1) is 7.31. The van der Waals surface area contributed by atoms with E-state index in [9.17, 15) is 4.79 Å². The van der Waals surface area contributed by atoms with Crippen molar-refractivity contribution in [3.8, 4) is 0 Å². The van der Waals surface area contributed by atoms with Crippen molar-refractivity contribution in [2.75, 3.05) is 19.6 Å². The van der Waals surface area contributed by atoms with Crippen LogP contribution in [0.15, 0.2) is 0 Å². The number of piperidine rings is 1. The molecule has 1 amide bonds. The highest BCUT2D eigenvalue weighted by Gasteiger charge is 2.30. The normalized spacial score (nSPS) is 31.9. The highest BCUT2D eigenvalue weighted by molar-refractivity contribution is 5.82. The Hall–Kier alpha value is -0.570. The molecule has 0 aromatic rings. The van der Waals surface area contributed by atoms with Crippen molar-refractivity contribution < 1.29 is 4.79 Å². The van der Waals surface area contributed by atoms with Crippen LogP contribution in [0.25, 0.3) is 0 Å². The minimum absolute atomic E-state index is 0.120. The summed E-state index contributed by atoms with van der Waals surface area (Å²) >= 11 is 0. The molecule has 0 aromatic heterocycles. The van der Waals surface area contributed by atoms with Crippen molar-refractivity contribution in [3.05, 3.63) is 0 Å². The summed E-state index contributed by atoms with van der Waals surface area (Å²) in [4.78, 5) is 14.2. The second kappa shape index (κ2) is 4.97. The zero-order chi connectivity index (χ0) is 10.7. The molecule has 2 saturated heterocycles. The second-order valence-corrected chi connectivity index (χ2v) is 4.85. The van der Waals surface area contributed by atoms with E-state index in [-0.39, 0.29) is 6.04 Å². The average molecular weight is 210 g/mol. The van der Waals surface area contributed by atoms with Crippen LogP contribution >= 0.6 is 0 Å². The molecule has 2 atom stereocenters. The van der Waals surface area contributed by atoms with Crippen LogP contribution in [0.3, 0.4) is 0 Å². The summed E-state index contributed by atoms with van der Waals surface area (Å²) in [5.41, 5.74) is 0. The van der Waals surface area contributed by atoms with Crippen molar-refractivity contribution in [1.29, 1.82) is 0 Å². The zero-order valence-corrected chi connectivity index (χ0v) is 9.67. The fourth-order valence-electron chi connectivity index (χ4n) is 2.65. The first-order valence-electron chi connectivity index (χ1n) is 6.33. The van der Waals surface area contributed by atoms with Gasteiger partial charge in [-0.2, -0.15) is 0 Å². The van der Waals surface area contributed by atoms with Gasteiger partial charge in [0.15, 0.2) is 0 Å². The molecule has 3 heteroatoms. The number of nitrogens with zero attached hydrogens (tertiary/aromatic N) is 1. The van der Waals surface area contributed by atoms with Crippen molar-refractivity contribution in [3.63, 3.8) is 0 Å². The molecule has 15 heavy (non-hydrogen) atoms. The molecule has 0 aliphatic carbocycles. The fraction of sp³-hybridized carbons (Fsp3) is 0.917. The van der Waals surface area contributed by atoms with E-state index in [1.54, 1.807) is 0 Å². The number of rotatable bonds is 2. The number of carbonyl (C=O) groups excluding carboxylic acids is 1. The lowest BCUT2D eigenvalue weighted by Crippen LogP contribution is -2.47. The largest absolute Gasteiger partial charge is 0.341 e. The van der Waals surface area contributed by atoms with E-state index in [0.29, 0.717) is 5.91 Å². The van der Waals surface area contributed by atoms with Gasteiger partial charge in [-0.1, -0.05) is 19.8 Å². The number of likely N-dealkylation sites (tertiary alicyclic amines) is 1. The highest BCUT2D eigenvalue weighted by atomic mass is 16.2. The first-order valence-corrected chi connectivity index (χ1v) is 6.33. The Morgan fingerprint density at radius 2 is 2.27 bits per heavy atom. The van der Waals surface area contributed by atoms with Crippen molar-refractivity contribution in [2.45, 2.75) is 45.1 Å². The van der Waals surface area contributed by atoms with Gasteiger partial charge in [0.25, 0.3) is 0 Å². The van der Waals surface area contributed by atoms with Crippen LogP contribution in [0.5, 0.6) is 0 Å². The van der Waals surface area contributed by atoms with E-state index in [1.165, 1.54) is 25.7 Å². The molecule has 0 bridgehead atoms. The summed E-state index contributed by atoms with van der Waals surface area (Å²) in [6.07, 6.45) is 5.87. The van der Waals surface area contributed by atoms with E-state index in [1.807, 2.05) is 0 Å². The van der Waals surface area contributed by atoms with Crippen molar-refractivity contribution in [1.82, 2.24) is 10.2 Å². The third-order valence-corrected chi connectivity index (χ3v) is 3.78. The van der Waals surface area contributed by atoms with E-state index in [2.05, 4.69) is 17.1 Å². The van der Waals surface area contributed by atoms with Crippen molar-refractivity contribution >= 4 is 5.91 Å². The predicted octanol–water partition coefficient (Wildman–Crippen LogP) is 1.39. The minimum Gasteiger partial charge on any atom is -0.341 e. The fourth-order valence-corrected chi connectivity index (χ4v) is 2.65. The zero-order valence-electron chi connectivity index (χ0n) is 9.67. The van der Waals surface area contributed by atoms with Crippen LogP contribution in [0.1, 0.15) is 39.0 Å². The summed E-state index contributed by atoms with van der Waals surface area (Å²) in [6.45, 7) is 5.21. The van der Waals surface area contributed by atoms with Crippen LogP contribution in [0.4, 0.5) is 0 Å². The molecule has 2 unspecified atom stereocenters. The summed E-state index contributed by atoms with van der Waals surface area (Å²) in [6, 6.07) is 0.120. The highest BCUT2D eigenvalue weighted by Crippen LogP contribution is 2.21. The number of carbonyl (C=O) groups is 1. The topological polar surface area (TPSA) is 32.3 Å². The van der Waals surface area contributed by atoms with Gasteiger partial charge in [-0.05, 0) is 31.7 Å². The second-order valence-electron chi connectivity index (χ2n) is 4.85. The molecule has 2 rings (SSSR count). The molecular formula is C12H22N2O. The van der Waals surface area contributed by atoms with Gasteiger partial charge < -0.3 is 10.2 Å².